The molecule has 2 aromatic rings. The Bertz CT molecular complexity index is 1030. The van der Waals surface area contributed by atoms with Crippen molar-refractivity contribution in [2.75, 3.05) is 19.8 Å². The summed E-state index contributed by atoms with van der Waals surface area (Å²) in [5.41, 5.74) is 1.60. The Labute approximate surface area is 192 Å². The number of alkyl carbamates (subject to hydrolysis) is 1. The Morgan fingerprint density at radius 1 is 1.12 bits per heavy atom. The molecule has 8 heteroatoms. The normalized spacial score (nSPS) is 20.9. The second-order valence-electron chi connectivity index (χ2n) is 8.78. The Balaban J connectivity index is 1.43. The summed E-state index contributed by atoms with van der Waals surface area (Å²) < 4.78 is 10.8. The third-order valence-corrected chi connectivity index (χ3v) is 6.71. The van der Waals surface area contributed by atoms with Crippen molar-refractivity contribution < 1.29 is 29.0 Å². The zero-order chi connectivity index (χ0) is 23.6. The smallest absolute Gasteiger partial charge is 0.408 e. The number of nitrogens with one attached hydrogen (secondary N) is 2. The van der Waals surface area contributed by atoms with Crippen molar-refractivity contribution >= 4 is 18.0 Å². The maximum Gasteiger partial charge on any atom is 0.408 e. The van der Waals surface area contributed by atoms with Crippen LogP contribution in [-0.4, -0.2) is 54.0 Å². The molecule has 3 N–H and O–H groups in total. The summed E-state index contributed by atoms with van der Waals surface area (Å²) in [5, 5.41) is 14.8. The molecule has 2 unspecified atom stereocenters. The Kier molecular flexibility index (Phi) is 6.12. The highest BCUT2D eigenvalue weighted by atomic mass is 16.5. The molecule has 0 spiro atoms. The molecule has 174 valence electrons. The quantitative estimate of drug-likeness (QED) is 0.595. The minimum atomic E-state index is -1.49. The van der Waals surface area contributed by atoms with Crippen molar-refractivity contribution in [3.8, 4) is 11.1 Å². The lowest BCUT2D eigenvalue weighted by atomic mass is 9.93. The number of rotatable bonds is 7. The fourth-order valence-corrected chi connectivity index (χ4v) is 4.41. The Morgan fingerprint density at radius 2 is 1.73 bits per heavy atom. The van der Waals surface area contributed by atoms with Crippen molar-refractivity contribution in [2.24, 2.45) is 0 Å². The third kappa shape index (κ3) is 4.18. The summed E-state index contributed by atoms with van der Waals surface area (Å²) in [4.78, 5) is 37.4. The number of ether oxygens (including phenoxy) is 2. The maximum absolute atomic E-state index is 13.0. The summed E-state index contributed by atoms with van der Waals surface area (Å²) in [6, 6.07) is 16.0. The van der Waals surface area contributed by atoms with Gasteiger partial charge < -0.3 is 25.2 Å². The van der Waals surface area contributed by atoms with Gasteiger partial charge in [0.1, 0.15) is 12.1 Å². The van der Waals surface area contributed by atoms with Crippen LogP contribution in [0.3, 0.4) is 0 Å². The molecule has 0 saturated carbocycles. The molecule has 0 bridgehead atoms. The van der Waals surface area contributed by atoms with E-state index in [1.54, 1.807) is 13.8 Å². The molecule has 1 heterocycles. The Morgan fingerprint density at radius 3 is 2.24 bits per heavy atom. The molecule has 0 aromatic heterocycles. The highest BCUT2D eigenvalue weighted by Crippen LogP contribution is 2.44. The van der Waals surface area contributed by atoms with E-state index in [2.05, 4.69) is 22.8 Å². The van der Waals surface area contributed by atoms with Crippen molar-refractivity contribution in [2.45, 2.75) is 43.7 Å². The first-order valence-electron chi connectivity index (χ1n) is 11.1. The van der Waals surface area contributed by atoms with E-state index in [4.69, 9.17) is 9.47 Å². The maximum atomic E-state index is 13.0. The highest BCUT2D eigenvalue weighted by molar-refractivity contribution is 5.94. The Hall–Kier alpha value is -3.39. The molecular formula is C25H28N2O6. The number of aliphatic carboxylic acids is 1. The van der Waals surface area contributed by atoms with Crippen LogP contribution in [0.25, 0.3) is 11.1 Å². The van der Waals surface area contributed by atoms with E-state index >= 15 is 0 Å². The highest BCUT2D eigenvalue weighted by Gasteiger charge is 2.47. The van der Waals surface area contributed by atoms with E-state index in [-0.39, 0.29) is 38.6 Å². The summed E-state index contributed by atoms with van der Waals surface area (Å²) in [5.74, 6) is -1.85. The summed E-state index contributed by atoms with van der Waals surface area (Å²) >= 11 is 0. The minimum absolute atomic E-state index is 0.101. The lowest BCUT2D eigenvalue weighted by Gasteiger charge is -2.32. The van der Waals surface area contributed by atoms with Crippen molar-refractivity contribution in [1.82, 2.24) is 10.6 Å². The van der Waals surface area contributed by atoms with E-state index in [9.17, 15) is 19.5 Å². The lowest BCUT2D eigenvalue weighted by Crippen LogP contribution is -2.64. The van der Waals surface area contributed by atoms with Crippen LogP contribution in [0.1, 0.15) is 43.7 Å². The van der Waals surface area contributed by atoms with E-state index in [0.717, 1.165) is 22.3 Å². The van der Waals surface area contributed by atoms with Gasteiger partial charge in [-0.05, 0) is 35.6 Å². The van der Waals surface area contributed by atoms with E-state index in [0.29, 0.717) is 0 Å². The second kappa shape index (κ2) is 8.86. The molecule has 2 aliphatic rings. The summed E-state index contributed by atoms with van der Waals surface area (Å²) in [6.45, 7) is 3.54. The first kappa shape index (κ1) is 22.8. The summed E-state index contributed by atoms with van der Waals surface area (Å²) in [6.07, 6.45) is -0.318. The number of fused-ring (bicyclic) bond motifs is 3. The van der Waals surface area contributed by atoms with Gasteiger partial charge in [0, 0.05) is 18.9 Å². The molecule has 8 nitrogen and oxygen atoms in total. The monoisotopic (exact) mass is 452 g/mol. The van der Waals surface area contributed by atoms with Gasteiger partial charge in [-0.3, -0.25) is 4.79 Å². The van der Waals surface area contributed by atoms with Gasteiger partial charge in [0.15, 0.2) is 5.54 Å². The van der Waals surface area contributed by atoms with Crippen LogP contribution in [0.4, 0.5) is 4.79 Å². The standard InChI is InChI=1S/C25H28N2O6/c1-3-24(2,21(28)26-25(22(29)30)12-13-32-15-25)27-23(31)33-14-20-18-10-6-4-8-16(18)17-9-5-7-11-19(17)20/h4-11,20H,3,12-15H2,1-2H3,(H,26,28)(H,27,31)(H,29,30). The van der Waals surface area contributed by atoms with Crippen LogP contribution in [-0.2, 0) is 19.1 Å². The molecule has 33 heavy (non-hydrogen) atoms. The predicted molar refractivity (Wildman–Crippen MR) is 121 cm³/mol. The SMILES string of the molecule is CCC(C)(NC(=O)OCC1c2ccccc2-c2ccccc21)C(=O)NC1(C(=O)O)CCOC1. The van der Waals surface area contributed by atoms with E-state index in [1.807, 2.05) is 36.4 Å². The largest absolute Gasteiger partial charge is 0.479 e. The number of hydrogen-bond donors (Lipinski definition) is 3. The molecule has 2 amide bonds. The van der Waals surface area contributed by atoms with Crippen LogP contribution in [0.2, 0.25) is 0 Å². The molecule has 1 fully saturated rings. The van der Waals surface area contributed by atoms with Gasteiger partial charge in [0.25, 0.3) is 0 Å². The van der Waals surface area contributed by atoms with Gasteiger partial charge in [0.2, 0.25) is 5.91 Å². The molecule has 1 aliphatic carbocycles. The fourth-order valence-electron chi connectivity index (χ4n) is 4.41. The van der Waals surface area contributed by atoms with E-state index in [1.165, 1.54) is 0 Å². The van der Waals surface area contributed by atoms with Crippen LogP contribution in [0, 0.1) is 0 Å². The third-order valence-electron chi connectivity index (χ3n) is 6.71. The number of hydrogen-bond acceptors (Lipinski definition) is 5. The van der Waals surface area contributed by atoms with Gasteiger partial charge in [-0.1, -0.05) is 55.5 Å². The average molecular weight is 453 g/mol. The van der Waals surface area contributed by atoms with Crippen molar-refractivity contribution in [3.05, 3.63) is 59.7 Å². The van der Waals surface area contributed by atoms with Gasteiger partial charge >= 0.3 is 12.1 Å². The fraction of sp³-hybridized carbons (Fsp3) is 0.400. The number of amides is 2. The van der Waals surface area contributed by atoms with Crippen LogP contribution in [0.15, 0.2) is 48.5 Å². The van der Waals surface area contributed by atoms with Crippen LogP contribution in [0.5, 0.6) is 0 Å². The molecule has 2 atom stereocenters. The molecule has 2 aromatic carbocycles. The lowest BCUT2D eigenvalue weighted by molar-refractivity contribution is -0.148. The molecule has 0 radical (unpaired) electrons. The minimum Gasteiger partial charge on any atom is -0.479 e. The number of carbonyl (C=O) groups is 3. The summed E-state index contributed by atoms with van der Waals surface area (Å²) in [7, 11) is 0. The predicted octanol–water partition coefficient (Wildman–Crippen LogP) is 3.05. The first-order chi connectivity index (χ1) is 15.8. The van der Waals surface area contributed by atoms with Gasteiger partial charge in [-0.15, -0.1) is 0 Å². The molecule has 1 saturated heterocycles. The van der Waals surface area contributed by atoms with Gasteiger partial charge in [-0.2, -0.15) is 0 Å². The van der Waals surface area contributed by atoms with Crippen LogP contribution < -0.4 is 10.6 Å². The molecule has 1 aliphatic heterocycles. The topological polar surface area (TPSA) is 114 Å². The van der Waals surface area contributed by atoms with Gasteiger partial charge in [-0.25, -0.2) is 9.59 Å². The van der Waals surface area contributed by atoms with Crippen LogP contribution >= 0.6 is 0 Å². The average Bonchev–Trinajstić information content (AvgIpc) is 3.41. The van der Waals surface area contributed by atoms with Crippen molar-refractivity contribution in [1.29, 1.82) is 0 Å². The number of carboxylic acid groups (broad SMARTS) is 1. The first-order valence-corrected chi connectivity index (χ1v) is 11.1. The zero-order valence-electron chi connectivity index (χ0n) is 18.7. The number of carboxylic acids is 1. The number of carbonyl (C=O) groups excluding carboxylic acids is 2. The second-order valence-corrected chi connectivity index (χ2v) is 8.78. The molecular weight excluding hydrogens is 424 g/mol. The van der Waals surface area contributed by atoms with E-state index < -0.39 is 29.0 Å². The van der Waals surface area contributed by atoms with Gasteiger partial charge in [0.05, 0.1) is 6.61 Å². The van der Waals surface area contributed by atoms with Crippen molar-refractivity contribution in [3.63, 3.8) is 0 Å². The zero-order valence-corrected chi connectivity index (χ0v) is 18.7. The molecule has 4 rings (SSSR count). The number of benzene rings is 2.